The second-order valence-electron chi connectivity index (χ2n) is 4.33. The molecule has 2 aromatic rings. The van der Waals surface area contributed by atoms with Gasteiger partial charge in [0.1, 0.15) is 5.69 Å². The van der Waals surface area contributed by atoms with Gasteiger partial charge in [-0.15, -0.1) is 4.91 Å². The number of rotatable bonds is 5. The van der Waals surface area contributed by atoms with E-state index >= 15 is 0 Å². The van der Waals surface area contributed by atoms with Crippen LogP contribution in [0.15, 0.2) is 41.6 Å². The monoisotopic (exact) mass is 294 g/mol. The van der Waals surface area contributed by atoms with Crippen molar-refractivity contribution < 1.29 is 13.0 Å². The molecule has 0 spiro atoms. The van der Waals surface area contributed by atoms with Gasteiger partial charge in [-0.3, -0.25) is 4.55 Å². The van der Waals surface area contributed by atoms with E-state index in [9.17, 15) is 13.3 Å². The van der Waals surface area contributed by atoms with Crippen molar-refractivity contribution in [2.24, 2.45) is 5.18 Å². The summed E-state index contributed by atoms with van der Waals surface area (Å²) in [7, 11) is -4.19. The average Bonchev–Trinajstić information content (AvgIpc) is 2.43. The Hall–Kier alpha value is -1.99. The van der Waals surface area contributed by atoms with Gasteiger partial charge in [-0.25, -0.2) is 0 Å². The van der Waals surface area contributed by atoms with Gasteiger partial charge in [0.05, 0.1) is 0 Å². The summed E-state index contributed by atoms with van der Waals surface area (Å²) in [5, 5.41) is 5.92. The van der Waals surface area contributed by atoms with Gasteiger partial charge < -0.3 is 5.32 Å². The van der Waals surface area contributed by atoms with E-state index in [0.29, 0.717) is 16.5 Å². The van der Waals surface area contributed by atoms with E-state index < -0.39 is 15.5 Å². The van der Waals surface area contributed by atoms with Crippen molar-refractivity contribution in [2.75, 3.05) is 5.32 Å². The van der Waals surface area contributed by atoms with Gasteiger partial charge in [0, 0.05) is 16.5 Å². The van der Waals surface area contributed by atoms with Crippen molar-refractivity contribution in [1.82, 2.24) is 0 Å². The highest BCUT2D eigenvalue weighted by Crippen LogP contribution is 2.32. The summed E-state index contributed by atoms with van der Waals surface area (Å²) in [5.74, 6) is 0. The molecule has 0 aliphatic heterocycles. The first kappa shape index (κ1) is 14.4. The van der Waals surface area contributed by atoms with Crippen LogP contribution in [0, 0.1) is 4.91 Å². The van der Waals surface area contributed by atoms with Gasteiger partial charge in [0.2, 0.25) is 0 Å². The molecule has 2 N–H and O–H groups in total. The van der Waals surface area contributed by atoms with Crippen molar-refractivity contribution in [3.05, 3.63) is 41.3 Å². The number of anilines is 1. The third-order valence-electron chi connectivity index (χ3n) is 3.05. The van der Waals surface area contributed by atoms with Gasteiger partial charge in [0.25, 0.3) is 10.1 Å². The summed E-state index contributed by atoms with van der Waals surface area (Å²) in [6.07, 6.45) is 0.209. The third kappa shape index (κ3) is 2.78. The highest BCUT2D eigenvalue weighted by molar-refractivity contribution is 7.86. The van der Waals surface area contributed by atoms with Gasteiger partial charge in [-0.1, -0.05) is 31.2 Å². The molecule has 0 aliphatic rings. The number of hydrogen-bond donors (Lipinski definition) is 2. The zero-order valence-corrected chi connectivity index (χ0v) is 11.6. The maximum Gasteiger partial charge on any atom is 0.286 e. The highest BCUT2D eigenvalue weighted by Gasteiger charge is 2.21. The number of nitroso groups, excluding NO2 is 1. The van der Waals surface area contributed by atoms with Gasteiger partial charge >= 0.3 is 0 Å². The molecule has 1 unspecified atom stereocenters. The van der Waals surface area contributed by atoms with Crippen molar-refractivity contribution in [3.8, 4) is 0 Å². The maximum atomic E-state index is 11.3. The lowest BCUT2D eigenvalue weighted by atomic mass is 10.1. The molecule has 106 valence electrons. The number of nitrogens with zero attached hydrogens (tertiary/aromatic N) is 1. The van der Waals surface area contributed by atoms with Crippen LogP contribution >= 0.6 is 0 Å². The summed E-state index contributed by atoms with van der Waals surface area (Å²) in [6.45, 7) is 1.65. The summed E-state index contributed by atoms with van der Waals surface area (Å²) in [5.41, 5.74) is 0.809. The van der Waals surface area contributed by atoms with Crippen LogP contribution < -0.4 is 5.32 Å². The Kier molecular flexibility index (Phi) is 4.01. The molecule has 0 fully saturated rings. The lowest BCUT2D eigenvalue weighted by Gasteiger charge is -2.17. The number of fused-ring (bicyclic) bond motifs is 1. The molecule has 0 saturated heterocycles. The molecule has 0 saturated carbocycles. The van der Waals surface area contributed by atoms with Gasteiger partial charge in [0.15, 0.2) is 5.37 Å². The smallest absolute Gasteiger partial charge is 0.286 e. The van der Waals surface area contributed by atoms with E-state index in [1.54, 1.807) is 37.3 Å². The molecule has 0 aromatic heterocycles. The SMILES string of the molecule is CCC(Nc1ccc(N=O)c2ccccc12)S(=O)(=O)O. The average molecular weight is 294 g/mol. The van der Waals surface area contributed by atoms with Crippen LogP contribution in [0.25, 0.3) is 10.8 Å². The number of hydrogen-bond acceptors (Lipinski definition) is 5. The van der Waals surface area contributed by atoms with Crippen molar-refractivity contribution in [2.45, 2.75) is 18.7 Å². The maximum absolute atomic E-state index is 11.3. The highest BCUT2D eigenvalue weighted by atomic mass is 32.2. The van der Waals surface area contributed by atoms with Gasteiger partial charge in [-0.05, 0) is 23.7 Å². The molecular formula is C13H14N2O4S. The Labute approximate surface area is 116 Å². The Balaban J connectivity index is 2.53. The first-order chi connectivity index (χ1) is 9.47. The fourth-order valence-corrected chi connectivity index (χ4v) is 2.75. The Morgan fingerprint density at radius 2 is 1.85 bits per heavy atom. The zero-order valence-electron chi connectivity index (χ0n) is 10.8. The molecule has 6 nitrogen and oxygen atoms in total. The lowest BCUT2D eigenvalue weighted by molar-refractivity contribution is 0.470. The van der Waals surface area contributed by atoms with E-state index in [0.717, 1.165) is 0 Å². The molecule has 20 heavy (non-hydrogen) atoms. The van der Waals surface area contributed by atoms with Crippen LogP contribution in [-0.2, 0) is 10.1 Å². The minimum atomic E-state index is -4.19. The van der Waals surface area contributed by atoms with Crippen LogP contribution in [0.4, 0.5) is 11.4 Å². The largest absolute Gasteiger partial charge is 0.367 e. The normalized spacial score (nSPS) is 13.1. The van der Waals surface area contributed by atoms with E-state index in [1.807, 2.05) is 0 Å². The topological polar surface area (TPSA) is 95.8 Å². The molecule has 1 atom stereocenters. The first-order valence-electron chi connectivity index (χ1n) is 6.05. The predicted octanol–water partition coefficient (Wildman–Crippen LogP) is 3.27. The Bertz CT molecular complexity index is 743. The molecule has 0 bridgehead atoms. The van der Waals surface area contributed by atoms with E-state index in [1.165, 1.54) is 6.07 Å². The molecule has 0 radical (unpaired) electrons. The standard InChI is InChI=1S/C13H14N2O4S/c1-2-13(20(17,18)19)14-11-7-8-12(15-16)10-6-4-3-5-9(10)11/h3-8,13-14H,2H2,1H3,(H,17,18,19). The zero-order chi connectivity index (χ0) is 14.8. The Morgan fingerprint density at radius 3 is 2.40 bits per heavy atom. The molecule has 2 rings (SSSR count). The lowest BCUT2D eigenvalue weighted by Crippen LogP contribution is -2.28. The third-order valence-corrected chi connectivity index (χ3v) is 4.22. The fourth-order valence-electron chi connectivity index (χ4n) is 2.05. The van der Waals surface area contributed by atoms with Crippen LogP contribution in [-0.4, -0.2) is 18.3 Å². The van der Waals surface area contributed by atoms with Crippen molar-refractivity contribution in [3.63, 3.8) is 0 Å². The molecule has 0 aliphatic carbocycles. The van der Waals surface area contributed by atoms with Crippen LogP contribution in [0.5, 0.6) is 0 Å². The minimum absolute atomic E-state index is 0.209. The molecule has 0 heterocycles. The first-order valence-corrected chi connectivity index (χ1v) is 7.55. The minimum Gasteiger partial charge on any atom is -0.367 e. The summed E-state index contributed by atoms with van der Waals surface area (Å²) >= 11 is 0. The number of benzene rings is 2. The molecular weight excluding hydrogens is 280 g/mol. The predicted molar refractivity (Wildman–Crippen MR) is 78.7 cm³/mol. The Morgan fingerprint density at radius 1 is 1.20 bits per heavy atom. The van der Waals surface area contributed by atoms with E-state index in [2.05, 4.69) is 10.5 Å². The second kappa shape index (κ2) is 5.56. The summed E-state index contributed by atoms with van der Waals surface area (Å²) < 4.78 is 31.7. The molecule has 0 amide bonds. The molecule has 7 heteroatoms. The van der Waals surface area contributed by atoms with Crippen LogP contribution in [0.3, 0.4) is 0 Å². The van der Waals surface area contributed by atoms with Gasteiger partial charge in [-0.2, -0.15) is 8.42 Å². The summed E-state index contributed by atoms with van der Waals surface area (Å²) in [4.78, 5) is 10.8. The fraction of sp³-hybridized carbons (Fsp3) is 0.231. The van der Waals surface area contributed by atoms with E-state index in [4.69, 9.17) is 4.55 Å². The second-order valence-corrected chi connectivity index (χ2v) is 5.92. The van der Waals surface area contributed by atoms with Crippen molar-refractivity contribution in [1.29, 1.82) is 0 Å². The van der Waals surface area contributed by atoms with Crippen LogP contribution in [0.1, 0.15) is 13.3 Å². The summed E-state index contributed by atoms with van der Waals surface area (Å²) in [6, 6.07) is 10.1. The van der Waals surface area contributed by atoms with Crippen LogP contribution in [0.2, 0.25) is 0 Å². The van der Waals surface area contributed by atoms with E-state index in [-0.39, 0.29) is 12.1 Å². The molecule has 2 aromatic carbocycles. The number of nitrogens with one attached hydrogen (secondary N) is 1. The van der Waals surface area contributed by atoms with Crippen molar-refractivity contribution >= 4 is 32.3 Å². The quantitative estimate of drug-likeness (QED) is 0.651.